The van der Waals surface area contributed by atoms with Crippen LogP contribution in [0.25, 0.3) is 0 Å². The van der Waals surface area contributed by atoms with Crippen molar-refractivity contribution in [3.8, 4) is 0 Å². The second-order valence-electron chi connectivity index (χ2n) is 4.27. The van der Waals surface area contributed by atoms with Crippen molar-refractivity contribution in [3.05, 3.63) is 52.8 Å². The van der Waals surface area contributed by atoms with Crippen LogP contribution in [0.1, 0.15) is 5.56 Å². The van der Waals surface area contributed by atoms with Crippen molar-refractivity contribution in [2.45, 2.75) is 11.3 Å². The molecule has 0 saturated carbocycles. The molecule has 1 heterocycles. The molecule has 0 radical (unpaired) electrons. The van der Waals surface area contributed by atoms with Gasteiger partial charge >= 0.3 is 6.09 Å². The molecular weight excluding hydrogens is 360 g/mol. The van der Waals surface area contributed by atoms with E-state index in [-0.39, 0.29) is 11.4 Å². The zero-order valence-corrected chi connectivity index (χ0v) is 13.3. The number of nitrogens with one attached hydrogen (secondary N) is 1. The van der Waals surface area contributed by atoms with Gasteiger partial charge in [0, 0.05) is 12.7 Å². The van der Waals surface area contributed by atoms with Gasteiger partial charge in [-0.2, -0.15) is 0 Å². The first-order chi connectivity index (χ1) is 9.91. The Labute approximate surface area is 130 Å². The molecule has 0 aliphatic rings. The van der Waals surface area contributed by atoms with Gasteiger partial charge in [0.1, 0.15) is 4.60 Å². The quantitative estimate of drug-likeness (QED) is 0.842. The summed E-state index contributed by atoms with van der Waals surface area (Å²) in [5.41, 5.74) is 0.718. The number of amides is 1. The van der Waals surface area contributed by atoms with Crippen LogP contribution in [0.15, 0.2) is 52.1 Å². The summed E-state index contributed by atoms with van der Waals surface area (Å²) in [5.74, 6) is 0. The molecule has 0 spiro atoms. The van der Waals surface area contributed by atoms with Gasteiger partial charge in [0.05, 0.1) is 4.90 Å². The molecule has 1 aromatic carbocycles. The highest BCUT2D eigenvalue weighted by Crippen LogP contribution is 2.22. The number of halogens is 1. The zero-order valence-electron chi connectivity index (χ0n) is 10.9. The largest absolute Gasteiger partial charge is 0.465 e. The van der Waals surface area contributed by atoms with E-state index in [0.29, 0.717) is 11.0 Å². The summed E-state index contributed by atoms with van der Waals surface area (Å²) in [7, 11) is -3.66. The fourth-order valence-electron chi connectivity index (χ4n) is 1.81. The first-order valence-electron chi connectivity index (χ1n) is 6.05. The van der Waals surface area contributed by atoms with Gasteiger partial charge in [-0.25, -0.2) is 17.2 Å². The fourth-order valence-corrected chi connectivity index (χ4v) is 4.06. The summed E-state index contributed by atoms with van der Waals surface area (Å²) in [6, 6.07) is 9.75. The molecule has 0 atom stereocenters. The Kier molecular flexibility index (Phi) is 4.69. The Bertz CT molecular complexity index is 741. The van der Waals surface area contributed by atoms with Crippen LogP contribution in [0.2, 0.25) is 0 Å². The third kappa shape index (κ3) is 3.64. The molecule has 112 valence electrons. The molecule has 2 aromatic rings. The lowest BCUT2D eigenvalue weighted by Crippen LogP contribution is -2.23. The molecule has 2 N–H and O–H groups in total. The average molecular weight is 373 g/mol. The van der Waals surface area contributed by atoms with Gasteiger partial charge in [0.25, 0.3) is 10.0 Å². The predicted octanol–water partition coefficient (Wildman–Crippen LogP) is 2.30. The number of carboxylic acid groups (broad SMARTS) is 1. The number of rotatable bonds is 5. The van der Waals surface area contributed by atoms with E-state index in [2.05, 4.69) is 21.2 Å². The van der Waals surface area contributed by atoms with Crippen molar-refractivity contribution >= 4 is 32.0 Å². The van der Waals surface area contributed by atoms with Crippen molar-refractivity contribution in [1.29, 1.82) is 0 Å². The standard InChI is InChI=1S/C13H13BrN2O4S/c14-12-8-10(6-7-15-13(17)18)9-16(12)21(19,20)11-4-2-1-3-5-11/h1-5,8-9,15H,6-7H2,(H,17,18). The maximum atomic E-state index is 12.5. The molecular formula is C13H13BrN2O4S. The van der Waals surface area contributed by atoms with Gasteiger partial charge in [0.15, 0.2) is 0 Å². The van der Waals surface area contributed by atoms with E-state index in [1.54, 1.807) is 24.3 Å². The van der Waals surface area contributed by atoms with E-state index in [4.69, 9.17) is 5.11 Å². The Morgan fingerprint density at radius 2 is 1.95 bits per heavy atom. The molecule has 1 aromatic heterocycles. The van der Waals surface area contributed by atoms with E-state index in [9.17, 15) is 13.2 Å². The highest BCUT2D eigenvalue weighted by atomic mass is 79.9. The van der Waals surface area contributed by atoms with Crippen LogP contribution in [-0.2, 0) is 16.4 Å². The van der Waals surface area contributed by atoms with Crippen LogP contribution in [0, 0.1) is 0 Å². The Morgan fingerprint density at radius 3 is 2.57 bits per heavy atom. The normalized spacial score (nSPS) is 11.3. The number of hydrogen-bond acceptors (Lipinski definition) is 3. The van der Waals surface area contributed by atoms with Crippen molar-refractivity contribution in [2.75, 3.05) is 6.54 Å². The summed E-state index contributed by atoms with van der Waals surface area (Å²) in [4.78, 5) is 10.6. The topological polar surface area (TPSA) is 88.4 Å². The fraction of sp³-hybridized carbons (Fsp3) is 0.154. The van der Waals surface area contributed by atoms with Crippen LogP contribution in [0.5, 0.6) is 0 Å². The molecule has 0 aliphatic carbocycles. The number of aromatic nitrogens is 1. The molecule has 21 heavy (non-hydrogen) atoms. The van der Waals surface area contributed by atoms with E-state index < -0.39 is 16.1 Å². The molecule has 1 amide bonds. The molecule has 8 heteroatoms. The summed E-state index contributed by atoms with van der Waals surface area (Å²) < 4.78 is 26.5. The monoisotopic (exact) mass is 372 g/mol. The highest BCUT2D eigenvalue weighted by Gasteiger charge is 2.19. The molecule has 2 rings (SSSR count). The summed E-state index contributed by atoms with van der Waals surface area (Å²) >= 11 is 3.22. The highest BCUT2D eigenvalue weighted by molar-refractivity contribution is 9.10. The lowest BCUT2D eigenvalue weighted by Gasteiger charge is -2.06. The smallest absolute Gasteiger partial charge is 0.404 e. The molecule has 6 nitrogen and oxygen atoms in total. The van der Waals surface area contributed by atoms with E-state index in [0.717, 1.165) is 9.54 Å². The summed E-state index contributed by atoms with van der Waals surface area (Å²) in [5, 5.41) is 10.7. The zero-order chi connectivity index (χ0) is 15.5. The third-order valence-corrected chi connectivity index (χ3v) is 5.32. The molecule has 0 bridgehead atoms. The lowest BCUT2D eigenvalue weighted by molar-refractivity contribution is 0.194. The Morgan fingerprint density at radius 1 is 1.29 bits per heavy atom. The van der Waals surface area contributed by atoms with Gasteiger partial charge in [-0.05, 0) is 46.1 Å². The van der Waals surface area contributed by atoms with E-state index in [1.165, 1.54) is 18.3 Å². The molecule has 0 saturated heterocycles. The number of benzene rings is 1. The third-order valence-electron chi connectivity index (χ3n) is 2.79. The molecule has 0 aliphatic heterocycles. The molecule has 0 unspecified atom stereocenters. The maximum absolute atomic E-state index is 12.5. The summed E-state index contributed by atoms with van der Waals surface area (Å²) in [6.07, 6.45) is 0.781. The van der Waals surface area contributed by atoms with Gasteiger partial charge in [0.2, 0.25) is 0 Å². The first-order valence-corrected chi connectivity index (χ1v) is 8.29. The van der Waals surface area contributed by atoms with Gasteiger partial charge in [-0.3, -0.25) is 0 Å². The minimum absolute atomic E-state index is 0.191. The van der Waals surface area contributed by atoms with Crippen molar-refractivity contribution in [1.82, 2.24) is 9.29 Å². The van der Waals surface area contributed by atoms with Gasteiger partial charge in [-0.1, -0.05) is 18.2 Å². The summed E-state index contributed by atoms with van der Waals surface area (Å²) in [6.45, 7) is 0.219. The predicted molar refractivity (Wildman–Crippen MR) is 80.9 cm³/mol. The van der Waals surface area contributed by atoms with Gasteiger partial charge in [-0.15, -0.1) is 0 Å². The van der Waals surface area contributed by atoms with Crippen LogP contribution in [0.3, 0.4) is 0 Å². The number of hydrogen-bond donors (Lipinski definition) is 2. The van der Waals surface area contributed by atoms with Crippen molar-refractivity contribution in [3.63, 3.8) is 0 Å². The van der Waals surface area contributed by atoms with E-state index >= 15 is 0 Å². The van der Waals surface area contributed by atoms with Gasteiger partial charge < -0.3 is 10.4 Å². The number of nitrogens with zero attached hydrogens (tertiary/aromatic N) is 1. The van der Waals surface area contributed by atoms with Crippen LogP contribution >= 0.6 is 15.9 Å². The minimum atomic E-state index is -3.66. The maximum Gasteiger partial charge on any atom is 0.404 e. The first kappa shape index (κ1) is 15.6. The molecule has 0 fully saturated rings. The average Bonchev–Trinajstić information content (AvgIpc) is 2.81. The van der Waals surface area contributed by atoms with Crippen molar-refractivity contribution in [2.24, 2.45) is 0 Å². The second kappa shape index (κ2) is 6.31. The minimum Gasteiger partial charge on any atom is -0.465 e. The second-order valence-corrected chi connectivity index (χ2v) is 6.89. The Hall–Kier alpha value is -1.80. The Balaban J connectivity index is 2.25. The number of carbonyl (C=O) groups is 1. The van der Waals surface area contributed by atoms with Crippen LogP contribution in [-0.4, -0.2) is 30.1 Å². The van der Waals surface area contributed by atoms with Crippen LogP contribution in [0.4, 0.5) is 4.79 Å². The van der Waals surface area contributed by atoms with E-state index in [1.807, 2.05) is 0 Å². The van der Waals surface area contributed by atoms with Crippen LogP contribution < -0.4 is 5.32 Å². The lowest BCUT2D eigenvalue weighted by atomic mass is 10.2. The van der Waals surface area contributed by atoms with Crippen molar-refractivity contribution < 1.29 is 18.3 Å². The SMILES string of the molecule is O=C(O)NCCc1cc(Br)n(S(=O)(=O)c2ccccc2)c1.